The van der Waals surface area contributed by atoms with Crippen LogP contribution < -0.4 is 15.2 Å². The van der Waals surface area contributed by atoms with Crippen molar-refractivity contribution in [2.45, 2.75) is 25.4 Å². The van der Waals surface area contributed by atoms with Crippen molar-refractivity contribution in [3.8, 4) is 11.5 Å². The number of hydrogen-bond acceptors (Lipinski definition) is 5. The molecule has 1 N–H and O–H groups in total. The molecule has 5 rings (SSSR count). The highest BCUT2D eigenvalue weighted by Crippen LogP contribution is 2.38. The van der Waals surface area contributed by atoms with Gasteiger partial charge in [-0.1, -0.05) is 55.5 Å². The molecule has 2 aliphatic rings. The van der Waals surface area contributed by atoms with Gasteiger partial charge in [0.1, 0.15) is 19.3 Å². The predicted octanol–water partition coefficient (Wildman–Crippen LogP) is 3.56. The lowest BCUT2D eigenvalue weighted by molar-refractivity contribution is 0.0626. The topological polar surface area (TPSA) is 75.0 Å². The van der Waals surface area contributed by atoms with E-state index in [0.717, 1.165) is 5.56 Å². The van der Waals surface area contributed by atoms with Gasteiger partial charge in [0.05, 0.1) is 6.04 Å². The number of carbonyl (C=O) groups excluding carboxylic acids is 1. The summed E-state index contributed by atoms with van der Waals surface area (Å²) in [5.74, 6) is -1.44. The van der Waals surface area contributed by atoms with E-state index in [1.807, 2.05) is 48.3 Å². The minimum atomic E-state index is -0.639. The fourth-order valence-electron chi connectivity index (χ4n) is 4.66. The van der Waals surface area contributed by atoms with E-state index in [9.17, 15) is 14.7 Å². The van der Waals surface area contributed by atoms with Crippen molar-refractivity contribution < 1.29 is 19.0 Å². The number of hydrogen-bond donors (Lipinski definition) is 1. The number of aromatic nitrogens is 1. The second-order valence-corrected chi connectivity index (χ2v) is 8.26. The average molecular weight is 461 g/mol. The summed E-state index contributed by atoms with van der Waals surface area (Å²) < 4.78 is 22.4. The Bertz CT molecular complexity index is 1320. The number of carbonyl (C=O) groups is 1. The van der Waals surface area contributed by atoms with Gasteiger partial charge in [0.2, 0.25) is 5.43 Å². The SMILES string of the molecule is CC[C@@H]1/C=C/COc2c(F)cccc2[C@@H](c2ccccc2)N2CN1C(=O)c1c(O)c(=O)ccn12. The van der Waals surface area contributed by atoms with Crippen molar-refractivity contribution in [1.29, 1.82) is 0 Å². The highest BCUT2D eigenvalue weighted by Gasteiger charge is 2.39. The highest BCUT2D eigenvalue weighted by atomic mass is 19.1. The molecule has 0 saturated carbocycles. The van der Waals surface area contributed by atoms with Gasteiger partial charge in [0.15, 0.2) is 23.0 Å². The summed E-state index contributed by atoms with van der Waals surface area (Å²) in [5, 5.41) is 12.5. The summed E-state index contributed by atoms with van der Waals surface area (Å²) in [6.07, 6.45) is 5.68. The highest BCUT2D eigenvalue weighted by molar-refractivity contribution is 5.96. The molecule has 0 saturated heterocycles. The third kappa shape index (κ3) is 3.51. The maximum atomic E-state index is 15.0. The summed E-state index contributed by atoms with van der Waals surface area (Å²) in [5.41, 5.74) is 0.634. The Morgan fingerprint density at radius 3 is 2.65 bits per heavy atom. The fraction of sp³-hybridized carbons (Fsp3) is 0.231. The van der Waals surface area contributed by atoms with Crippen LogP contribution in [0.2, 0.25) is 0 Å². The van der Waals surface area contributed by atoms with Crippen LogP contribution in [0.5, 0.6) is 11.5 Å². The minimum Gasteiger partial charge on any atom is -0.502 e. The Balaban J connectivity index is 1.83. The Morgan fingerprint density at radius 1 is 1.09 bits per heavy atom. The van der Waals surface area contributed by atoms with Crippen molar-refractivity contribution >= 4 is 5.91 Å². The first kappa shape index (κ1) is 21.8. The molecular weight excluding hydrogens is 437 g/mol. The smallest absolute Gasteiger partial charge is 0.278 e. The second kappa shape index (κ2) is 8.70. The van der Waals surface area contributed by atoms with Crippen LogP contribution in [0.25, 0.3) is 0 Å². The lowest BCUT2D eigenvalue weighted by Crippen LogP contribution is -2.57. The van der Waals surface area contributed by atoms with Crippen LogP contribution >= 0.6 is 0 Å². The summed E-state index contributed by atoms with van der Waals surface area (Å²) in [6.45, 7) is 2.22. The quantitative estimate of drug-likeness (QED) is 0.591. The average Bonchev–Trinajstić information content (AvgIpc) is 2.87. The standard InChI is InChI=1S/C26H24FN3O4/c1-2-18-10-7-15-34-25-19(11-6-12-20(25)27)22(17-8-4-3-5-9-17)30-16-28(18)26(33)23-24(32)21(31)13-14-29(23)30/h3-14,18,22,32H,2,15-16H2,1H3/b10-7+/t18-,22-/m1/s1. The molecule has 0 unspecified atom stereocenters. The summed E-state index contributed by atoms with van der Waals surface area (Å²) in [7, 11) is 0. The van der Waals surface area contributed by atoms with Crippen LogP contribution in [0.15, 0.2) is 77.7 Å². The number of rotatable bonds is 2. The zero-order valence-electron chi connectivity index (χ0n) is 18.6. The molecule has 2 aromatic carbocycles. The van der Waals surface area contributed by atoms with Crippen LogP contribution in [0.4, 0.5) is 4.39 Å². The third-order valence-corrected chi connectivity index (χ3v) is 6.30. The number of ether oxygens (including phenoxy) is 1. The largest absolute Gasteiger partial charge is 0.502 e. The summed E-state index contributed by atoms with van der Waals surface area (Å²) in [4.78, 5) is 27.4. The minimum absolute atomic E-state index is 0.117. The molecule has 0 aliphatic carbocycles. The zero-order chi connectivity index (χ0) is 23.8. The molecule has 1 aromatic heterocycles. The molecule has 1 amide bonds. The van der Waals surface area contributed by atoms with Gasteiger partial charge < -0.3 is 14.7 Å². The first-order valence-electron chi connectivity index (χ1n) is 11.2. The number of aromatic hydroxyl groups is 1. The van der Waals surface area contributed by atoms with Gasteiger partial charge in [-0.15, -0.1) is 0 Å². The van der Waals surface area contributed by atoms with E-state index in [2.05, 4.69) is 0 Å². The molecule has 7 nitrogen and oxygen atoms in total. The van der Waals surface area contributed by atoms with E-state index in [1.54, 1.807) is 23.1 Å². The Kier molecular flexibility index (Phi) is 5.57. The molecule has 174 valence electrons. The van der Waals surface area contributed by atoms with Crippen molar-refractivity contribution in [3.63, 3.8) is 0 Å². The van der Waals surface area contributed by atoms with E-state index in [4.69, 9.17) is 4.74 Å². The van der Waals surface area contributed by atoms with Gasteiger partial charge in [-0.25, -0.2) is 4.39 Å². The molecule has 0 spiro atoms. The summed E-state index contributed by atoms with van der Waals surface area (Å²) in [6, 6.07) is 14.6. The van der Waals surface area contributed by atoms with Gasteiger partial charge >= 0.3 is 0 Å². The van der Waals surface area contributed by atoms with E-state index in [0.29, 0.717) is 12.0 Å². The number of halogens is 1. The first-order valence-corrected chi connectivity index (χ1v) is 11.2. The number of nitrogens with zero attached hydrogens (tertiary/aromatic N) is 3. The molecule has 3 heterocycles. The van der Waals surface area contributed by atoms with Crippen LogP contribution in [-0.4, -0.2) is 39.9 Å². The van der Waals surface area contributed by atoms with Gasteiger partial charge in [0, 0.05) is 17.8 Å². The molecule has 34 heavy (non-hydrogen) atoms. The van der Waals surface area contributed by atoms with E-state index >= 15 is 4.39 Å². The van der Waals surface area contributed by atoms with Crippen molar-refractivity contribution in [3.05, 3.63) is 106 Å². The molecule has 0 fully saturated rings. The van der Waals surface area contributed by atoms with Crippen molar-refractivity contribution in [2.75, 3.05) is 18.3 Å². The Labute approximate surface area is 195 Å². The fourth-order valence-corrected chi connectivity index (χ4v) is 4.66. The third-order valence-electron chi connectivity index (χ3n) is 6.30. The van der Waals surface area contributed by atoms with E-state index < -0.39 is 28.9 Å². The number of amides is 1. The molecular formula is C26H24FN3O4. The van der Waals surface area contributed by atoms with Crippen LogP contribution in [0.1, 0.15) is 41.0 Å². The number of pyridine rings is 1. The zero-order valence-corrected chi connectivity index (χ0v) is 18.6. The Hall–Kier alpha value is -4.07. The molecule has 2 bridgehead atoms. The first-order chi connectivity index (χ1) is 16.5. The number of fused-ring (bicyclic) bond motifs is 5. The molecule has 8 heteroatoms. The Morgan fingerprint density at radius 2 is 1.88 bits per heavy atom. The normalized spacial score (nSPS) is 20.6. The van der Waals surface area contributed by atoms with Crippen LogP contribution in [-0.2, 0) is 0 Å². The van der Waals surface area contributed by atoms with Crippen LogP contribution in [0, 0.1) is 5.82 Å². The monoisotopic (exact) mass is 461 g/mol. The molecule has 2 atom stereocenters. The second-order valence-electron chi connectivity index (χ2n) is 8.26. The number of benzene rings is 2. The lowest BCUT2D eigenvalue weighted by Gasteiger charge is -2.45. The van der Waals surface area contributed by atoms with E-state index in [1.165, 1.54) is 23.0 Å². The molecule has 3 aromatic rings. The summed E-state index contributed by atoms with van der Waals surface area (Å²) >= 11 is 0. The lowest BCUT2D eigenvalue weighted by atomic mass is 9.96. The van der Waals surface area contributed by atoms with Gasteiger partial charge in [-0.05, 0) is 24.1 Å². The van der Waals surface area contributed by atoms with Crippen molar-refractivity contribution in [2.24, 2.45) is 0 Å². The molecule has 0 radical (unpaired) electrons. The van der Waals surface area contributed by atoms with Crippen LogP contribution in [0.3, 0.4) is 0 Å². The van der Waals surface area contributed by atoms with E-state index in [-0.39, 0.29) is 30.8 Å². The van der Waals surface area contributed by atoms with Gasteiger partial charge in [-0.2, -0.15) is 0 Å². The molecule has 2 aliphatic heterocycles. The van der Waals surface area contributed by atoms with Gasteiger partial charge in [0.25, 0.3) is 5.91 Å². The predicted molar refractivity (Wildman–Crippen MR) is 125 cm³/mol. The number of para-hydroxylation sites is 1. The maximum absolute atomic E-state index is 15.0. The van der Waals surface area contributed by atoms with Gasteiger partial charge in [-0.3, -0.25) is 19.3 Å². The maximum Gasteiger partial charge on any atom is 0.278 e. The van der Waals surface area contributed by atoms with Crippen molar-refractivity contribution in [1.82, 2.24) is 9.58 Å².